The van der Waals surface area contributed by atoms with Gasteiger partial charge in [-0.1, -0.05) is 13.8 Å². The smallest absolute Gasteiger partial charge is 0.228 e. The zero-order chi connectivity index (χ0) is 13.4. The van der Waals surface area contributed by atoms with Crippen LogP contribution < -0.4 is 5.32 Å². The minimum absolute atomic E-state index is 0.0520. The fourth-order valence-corrected chi connectivity index (χ4v) is 3.47. The summed E-state index contributed by atoms with van der Waals surface area (Å²) < 4.78 is 0. The second kappa shape index (κ2) is 4.84. The first-order valence-electron chi connectivity index (χ1n) is 7.38. The van der Waals surface area contributed by atoms with Gasteiger partial charge in [0.1, 0.15) is 0 Å². The minimum atomic E-state index is -0.227. The quantitative estimate of drug-likeness (QED) is 0.818. The minimum Gasteiger partial charge on any atom is -0.337 e. The van der Waals surface area contributed by atoms with Gasteiger partial charge in [-0.05, 0) is 58.5 Å². The summed E-state index contributed by atoms with van der Waals surface area (Å²) in [6.45, 7) is 11.7. The lowest BCUT2D eigenvalue weighted by Gasteiger charge is -2.42. The van der Waals surface area contributed by atoms with Crippen molar-refractivity contribution in [2.45, 2.75) is 58.9 Å². The van der Waals surface area contributed by atoms with Gasteiger partial charge in [0, 0.05) is 17.5 Å². The molecule has 1 N–H and O–H groups in total. The standard InChI is InChI=1S/C15H28N2O/c1-14(2)8-6-10-17(14)13(18)15(3,4)12-7-5-9-16-11-12/h12,16H,5-11H2,1-4H3. The highest BCUT2D eigenvalue weighted by molar-refractivity contribution is 5.83. The van der Waals surface area contributed by atoms with E-state index < -0.39 is 0 Å². The van der Waals surface area contributed by atoms with Gasteiger partial charge >= 0.3 is 0 Å². The Hall–Kier alpha value is -0.570. The molecule has 104 valence electrons. The Balaban J connectivity index is 2.11. The maximum Gasteiger partial charge on any atom is 0.228 e. The third kappa shape index (κ3) is 2.42. The molecule has 0 spiro atoms. The van der Waals surface area contributed by atoms with E-state index in [1.165, 1.54) is 12.8 Å². The number of nitrogens with one attached hydrogen (secondary N) is 1. The van der Waals surface area contributed by atoms with Crippen LogP contribution in [0, 0.1) is 11.3 Å². The van der Waals surface area contributed by atoms with Gasteiger partial charge in [-0.25, -0.2) is 0 Å². The highest BCUT2D eigenvalue weighted by atomic mass is 16.2. The molecule has 1 amide bonds. The number of hydrogen-bond donors (Lipinski definition) is 1. The molecule has 2 heterocycles. The van der Waals surface area contributed by atoms with Crippen LogP contribution in [0.15, 0.2) is 0 Å². The van der Waals surface area contributed by atoms with Crippen LogP contribution in [-0.2, 0) is 4.79 Å². The lowest BCUT2D eigenvalue weighted by atomic mass is 9.73. The summed E-state index contributed by atoms with van der Waals surface area (Å²) in [6, 6.07) is 0. The highest BCUT2D eigenvalue weighted by Gasteiger charge is 2.45. The van der Waals surface area contributed by atoms with E-state index in [4.69, 9.17) is 0 Å². The highest BCUT2D eigenvalue weighted by Crippen LogP contribution is 2.38. The second-order valence-corrected chi connectivity index (χ2v) is 7.14. The summed E-state index contributed by atoms with van der Waals surface area (Å²) in [5, 5.41) is 3.44. The number of piperidine rings is 1. The Bertz CT molecular complexity index is 316. The van der Waals surface area contributed by atoms with Gasteiger partial charge in [0.05, 0.1) is 0 Å². The summed E-state index contributed by atoms with van der Waals surface area (Å²) in [7, 11) is 0. The second-order valence-electron chi connectivity index (χ2n) is 7.14. The summed E-state index contributed by atoms with van der Waals surface area (Å²) in [6.07, 6.45) is 4.67. The van der Waals surface area contributed by atoms with Gasteiger partial charge in [-0.15, -0.1) is 0 Å². The largest absolute Gasteiger partial charge is 0.337 e. The van der Waals surface area contributed by atoms with E-state index in [1.54, 1.807) is 0 Å². The predicted molar refractivity (Wildman–Crippen MR) is 74.4 cm³/mol. The number of carbonyl (C=O) groups excluding carboxylic acids is 1. The van der Waals surface area contributed by atoms with Crippen molar-refractivity contribution in [1.82, 2.24) is 10.2 Å². The zero-order valence-electron chi connectivity index (χ0n) is 12.4. The molecule has 0 aromatic carbocycles. The van der Waals surface area contributed by atoms with Gasteiger partial charge in [-0.3, -0.25) is 4.79 Å². The molecule has 0 radical (unpaired) electrons. The molecular formula is C15H28N2O. The van der Waals surface area contributed by atoms with Crippen molar-refractivity contribution in [1.29, 1.82) is 0 Å². The first-order chi connectivity index (χ1) is 8.36. The van der Waals surface area contributed by atoms with Gasteiger partial charge in [0.15, 0.2) is 0 Å². The monoisotopic (exact) mass is 252 g/mol. The molecule has 0 bridgehead atoms. The van der Waals surface area contributed by atoms with Crippen molar-refractivity contribution in [2.24, 2.45) is 11.3 Å². The average molecular weight is 252 g/mol. The molecule has 18 heavy (non-hydrogen) atoms. The Morgan fingerprint density at radius 3 is 2.56 bits per heavy atom. The SMILES string of the molecule is CC(C)(C(=O)N1CCCC1(C)C)C1CCCNC1. The third-order valence-electron chi connectivity index (χ3n) is 5.01. The van der Waals surface area contributed by atoms with Crippen molar-refractivity contribution >= 4 is 5.91 Å². The lowest BCUT2D eigenvalue weighted by molar-refractivity contribution is -0.147. The van der Waals surface area contributed by atoms with Crippen molar-refractivity contribution in [3.63, 3.8) is 0 Å². The molecule has 2 aliphatic heterocycles. The van der Waals surface area contributed by atoms with Crippen LogP contribution in [0.3, 0.4) is 0 Å². The zero-order valence-corrected chi connectivity index (χ0v) is 12.4. The predicted octanol–water partition coefficient (Wildman–Crippen LogP) is 2.41. The molecule has 2 rings (SSSR count). The topological polar surface area (TPSA) is 32.3 Å². The van der Waals surface area contributed by atoms with E-state index in [1.807, 2.05) is 0 Å². The number of amides is 1. The molecule has 2 fully saturated rings. The van der Waals surface area contributed by atoms with Crippen molar-refractivity contribution < 1.29 is 4.79 Å². The van der Waals surface area contributed by atoms with Gasteiger partial charge in [-0.2, -0.15) is 0 Å². The number of hydrogen-bond acceptors (Lipinski definition) is 2. The van der Waals surface area contributed by atoms with Crippen LogP contribution in [0.1, 0.15) is 53.4 Å². The summed E-state index contributed by atoms with van der Waals surface area (Å²) >= 11 is 0. The van der Waals surface area contributed by atoms with E-state index in [9.17, 15) is 4.79 Å². The Labute approximate surface area is 111 Å². The average Bonchev–Trinajstić information content (AvgIpc) is 2.69. The van der Waals surface area contributed by atoms with Gasteiger partial charge in [0.2, 0.25) is 5.91 Å². The third-order valence-corrected chi connectivity index (χ3v) is 5.01. The molecule has 2 saturated heterocycles. The first kappa shape index (κ1) is 13.9. The van der Waals surface area contributed by atoms with Crippen LogP contribution in [0.5, 0.6) is 0 Å². The molecule has 1 atom stereocenters. The van der Waals surface area contributed by atoms with Crippen molar-refractivity contribution in [3.8, 4) is 0 Å². The fraction of sp³-hybridized carbons (Fsp3) is 0.933. The maximum atomic E-state index is 12.9. The van der Waals surface area contributed by atoms with E-state index in [-0.39, 0.29) is 11.0 Å². The van der Waals surface area contributed by atoms with E-state index in [0.717, 1.165) is 32.5 Å². The van der Waals surface area contributed by atoms with Gasteiger partial charge < -0.3 is 10.2 Å². The van der Waals surface area contributed by atoms with E-state index in [2.05, 4.69) is 37.9 Å². The number of carbonyl (C=O) groups is 1. The number of nitrogens with zero attached hydrogens (tertiary/aromatic N) is 1. The first-order valence-corrected chi connectivity index (χ1v) is 7.38. The summed E-state index contributed by atoms with van der Waals surface area (Å²) in [5.41, 5.74) is -0.175. The van der Waals surface area contributed by atoms with Crippen molar-refractivity contribution in [2.75, 3.05) is 19.6 Å². The summed E-state index contributed by atoms with van der Waals surface area (Å²) in [5.74, 6) is 0.842. The van der Waals surface area contributed by atoms with Crippen LogP contribution in [-0.4, -0.2) is 36.0 Å². The molecule has 0 aromatic rings. The van der Waals surface area contributed by atoms with Crippen molar-refractivity contribution in [3.05, 3.63) is 0 Å². The Morgan fingerprint density at radius 2 is 2.06 bits per heavy atom. The molecule has 3 nitrogen and oxygen atoms in total. The lowest BCUT2D eigenvalue weighted by Crippen LogP contribution is -2.53. The van der Waals surface area contributed by atoms with E-state index in [0.29, 0.717) is 11.8 Å². The molecule has 2 aliphatic rings. The van der Waals surface area contributed by atoms with Gasteiger partial charge in [0.25, 0.3) is 0 Å². The fourth-order valence-electron chi connectivity index (χ4n) is 3.47. The Kier molecular flexibility index (Phi) is 3.72. The summed E-state index contributed by atoms with van der Waals surface area (Å²) in [4.78, 5) is 15.0. The molecule has 0 aromatic heterocycles. The van der Waals surface area contributed by atoms with Crippen LogP contribution in [0.4, 0.5) is 0 Å². The van der Waals surface area contributed by atoms with E-state index >= 15 is 0 Å². The molecule has 3 heteroatoms. The molecule has 0 aliphatic carbocycles. The Morgan fingerprint density at radius 1 is 1.33 bits per heavy atom. The molecular weight excluding hydrogens is 224 g/mol. The van der Waals surface area contributed by atoms with Crippen LogP contribution in [0.25, 0.3) is 0 Å². The maximum absolute atomic E-state index is 12.9. The molecule has 0 saturated carbocycles. The molecule has 1 unspecified atom stereocenters. The number of rotatable bonds is 2. The van der Waals surface area contributed by atoms with Crippen LogP contribution in [0.2, 0.25) is 0 Å². The number of likely N-dealkylation sites (tertiary alicyclic amines) is 1. The normalized spacial score (nSPS) is 28.4. The van der Waals surface area contributed by atoms with Crippen LogP contribution >= 0.6 is 0 Å².